The molecular formula is C31H40N2O6S2. The van der Waals surface area contributed by atoms with E-state index in [1.54, 1.807) is 23.1 Å². The van der Waals surface area contributed by atoms with E-state index in [4.69, 9.17) is 4.74 Å². The molecule has 0 atom stereocenters. The molecule has 1 N–H and O–H groups in total. The van der Waals surface area contributed by atoms with Gasteiger partial charge >= 0.3 is 5.97 Å². The van der Waals surface area contributed by atoms with Gasteiger partial charge < -0.3 is 14.7 Å². The van der Waals surface area contributed by atoms with Crippen LogP contribution in [0.5, 0.6) is 5.88 Å². The molecule has 2 aliphatic rings. The smallest absolute Gasteiger partial charge is 0.348 e. The molecule has 0 bridgehead atoms. The molecule has 4 rings (SSSR count). The summed E-state index contributed by atoms with van der Waals surface area (Å²) >= 11 is 1.12. The van der Waals surface area contributed by atoms with Crippen molar-refractivity contribution in [2.24, 2.45) is 17.3 Å². The Balaban J connectivity index is 1.59. The molecule has 2 fully saturated rings. The zero-order chi connectivity index (χ0) is 29.9. The molecule has 2 heterocycles. The molecule has 0 radical (unpaired) electrons. The highest BCUT2D eigenvalue weighted by Crippen LogP contribution is 2.39. The Morgan fingerprint density at radius 3 is 2.32 bits per heavy atom. The number of pyridine rings is 1. The summed E-state index contributed by atoms with van der Waals surface area (Å²) in [5, 5.41) is 10.1. The third-order valence-electron chi connectivity index (χ3n) is 7.70. The summed E-state index contributed by atoms with van der Waals surface area (Å²) < 4.78 is 29.9. The highest BCUT2D eigenvalue weighted by atomic mass is 32.2. The van der Waals surface area contributed by atoms with Gasteiger partial charge in [-0.05, 0) is 90.2 Å². The zero-order valence-electron chi connectivity index (χ0n) is 24.5. The number of carboxylic acid groups (broad SMARTS) is 1. The van der Waals surface area contributed by atoms with Crippen molar-refractivity contribution >= 4 is 38.7 Å². The van der Waals surface area contributed by atoms with Crippen LogP contribution in [0.3, 0.4) is 0 Å². The molecule has 0 aromatic carbocycles. The van der Waals surface area contributed by atoms with E-state index in [0.29, 0.717) is 42.2 Å². The molecule has 0 saturated heterocycles. The lowest BCUT2D eigenvalue weighted by Crippen LogP contribution is -2.47. The van der Waals surface area contributed by atoms with E-state index in [1.165, 1.54) is 6.07 Å². The van der Waals surface area contributed by atoms with Gasteiger partial charge in [0.25, 0.3) is 0 Å². The van der Waals surface area contributed by atoms with Crippen LogP contribution >= 0.6 is 11.3 Å². The van der Waals surface area contributed by atoms with E-state index < -0.39 is 15.8 Å². The average Bonchev–Trinajstić information content (AvgIpc) is 3.32. The van der Waals surface area contributed by atoms with E-state index in [1.807, 2.05) is 20.8 Å². The number of hydrogen-bond acceptors (Lipinski definition) is 7. The van der Waals surface area contributed by atoms with Crippen molar-refractivity contribution in [3.05, 3.63) is 34.0 Å². The van der Waals surface area contributed by atoms with E-state index in [0.717, 1.165) is 43.3 Å². The molecule has 8 nitrogen and oxygen atoms in total. The van der Waals surface area contributed by atoms with Gasteiger partial charge in [0, 0.05) is 29.7 Å². The van der Waals surface area contributed by atoms with Crippen LogP contribution in [-0.2, 0) is 14.6 Å². The van der Waals surface area contributed by atoms with Crippen molar-refractivity contribution in [1.29, 1.82) is 0 Å². The van der Waals surface area contributed by atoms with Crippen LogP contribution in [0.2, 0.25) is 0 Å². The van der Waals surface area contributed by atoms with Crippen molar-refractivity contribution < 1.29 is 27.9 Å². The third-order valence-corrected chi connectivity index (χ3v) is 9.72. The molecule has 0 unspecified atom stereocenters. The Hall–Kier alpha value is -2.90. The first-order valence-corrected chi connectivity index (χ1v) is 17.0. The number of amides is 1. The first kappa shape index (κ1) is 31.0. The predicted octanol–water partition coefficient (Wildman–Crippen LogP) is 6.19. The normalized spacial score (nSPS) is 23.2. The Morgan fingerprint density at radius 1 is 1.07 bits per heavy atom. The number of aromatic nitrogens is 1. The topological polar surface area (TPSA) is 114 Å². The summed E-state index contributed by atoms with van der Waals surface area (Å²) in [6.07, 6.45) is 7.03. The lowest BCUT2D eigenvalue weighted by atomic mass is 9.81. The van der Waals surface area contributed by atoms with Gasteiger partial charge in [-0.2, -0.15) is 0 Å². The maximum absolute atomic E-state index is 14.1. The zero-order valence-corrected chi connectivity index (χ0v) is 26.1. The summed E-state index contributed by atoms with van der Waals surface area (Å²) in [4.78, 5) is 33.2. The Kier molecular flexibility index (Phi) is 9.49. The molecule has 0 spiro atoms. The minimum atomic E-state index is -3.45. The van der Waals surface area contributed by atoms with Gasteiger partial charge in [0.1, 0.15) is 11.0 Å². The van der Waals surface area contributed by atoms with Crippen LogP contribution in [0, 0.1) is 29.1 Å². The summed E-state index contributed by atoms with van der Waals surface area (Å²) in [5.74, 6) is 5.97. The van der Waals surface area contributed by atoms with E-state index in [9.17, 15) is 23.1 Å². The van der Waals surface area contributed by atoms with Gasteiger partial charge in [0.05, 0.1) is 10.6 Å². The number of ether oxygens (including phenoxy) is 1. The Morgan fingerprint density at radius 2 is 1.73 bits per heavy atom. The number of carboxylic acids is 1. The number of anilines is 1. The van der Waals surface area contributed by atoms with Crippen LogP contribution in [-0.4, -0.2) is 48.8 Å². The van der Waals surface area contributed by atoms with Crippen LogP contribution in [0.25, 0.3) is 0 Å². The van der Waals surface area contributed by atoms with Crippen molar-refractivity contribution in [3.8, 4) is 17.7 Å². The Bertz CT molecular complexity index is 1430. The fourth-order valence-corrected chi connectivity index (χ4v) is 6.91. The summed E-state index contributed by atoms with van der Waals surface area (Å²) in [6.45, 7) is 8.21. The molecule has 41 heavy (non-hydrogen) atoms. The lowest BCUT2D eigenvalue weighted by Gasteiger charge is -2.39. The van der Waals surface area contributed by atoms with E-state index in [2.05, 4.69) is 23.7 Å². The molecule has 2 aromatic rings. The Labute approximate surface area is 247 Å². The van der Waals surface area contributed by atoms with Crippen molar-refractivity contribution in [3.63, 3.8) is 0 Å². The van der Waals surface area contributed by atoms with Gasteiger partial charge in [-0.1, -0.05) is 24.8 Å². The molecule has 2 aliphatic carbocycles. The highest BCUT2D eigenvalue weighted by Gasteiger charge is 2.38. The number of carbonyl (C=O) groups excluding carboxylic acids is 1. The van der Waals surface area contributed by atoms with Crippen molar-refractivity contribution in [2.45, 2.75) is 96.2 Å². The molecular weight excluding hydrogens is 560 g/mol. The largest absolute Gasteiger partial charge is 0.477 e. The van der Waals surface area contributed by atoms with Gasteiger partial charge in [0.2, 0.25) is 11.8 Å². The van der Waals surface area contributed by atoms with Crippen LogP contribution in [0.1, 0.15) is 93.6 Å². The van der Waals surface area contributed by atoms with Crippen molar-refractivity contribution in [1.82, 2.24) is 4.98 Å². The van der Waals surface area contributed by atoms with E-state index >= 15 is 0 Å². The molecule has 2 aromatic heterocycles. The SMILES string of the molecule is CC(C)(C)C#Cc1cc(N(C(=O)[C@H]2CC[C@H](C)CC2)[C@H]2CC[C@H](Oc3cccc(S(C)(=O)=O)n3)CC2)c(C(=O)O)s1. The van der Waals surface area contributed by atoms with Crippen LogP contribution < -0.4 is 9.64 Å². The number of sulfone groups is 1. The monoisotopic (exact) mass is 600 g/mol. The fraction of sp³-hybridized carbons (Fsp3) is 0.581. The summed E-state index contributed by atoms with van der Waals surface area (Å²) in [7, 11) is -3.45. The van der Waals surface area contributed by atoms with Crippen LogP contribution in [0.15, 0.2) is 29.3 Å². The van der Waals surface area contributed by atoms with Crippen LogP contribution in [0.4, 0.5) is 5.69 Å². The quantitative estimate of drug-likeness (QED) is 0.377. The minimum Gasteiger partial charge on any atom is -0.477 e. The lowest BCUT2D eigenvalue weighted by molar-refractivity contribution is -0.124. The number of thiophene rings is 1. The number of rotatable bonds is 7. The second kappa shape index (κ2) is 12.5. The highest BCUT2D eigenvalue weighted by molar-refractivity contribution is 7.90. The fourth-order valence-electron chi connectivity index (χ4n) is 5.48. The number of hydrogen-bond donors (Lipinski definition) is 1. The molecule has 222 valence electrons. The maximum Gasteiger partial charge on any atom is 0.348 e. The molecule has 10 heteroatoms. The summed E-state index contributed by atoms with van der Waals surface area (Å²) in [5.41, 5.74) is 0.201. The van der Waals surface area contributed by atoms with E-state index in [-0.39, 0.29) is 45.2 Å². The second-order valence-corrected chi connectivity index (χ2v) is 15.4. The molecule has 2 saturated carbocycles. The average molecular weight is 601 g/mol. The predicted molar refractivity (Wildman–Crippen MR) is 160 cm³/mol. The van der Waals surface area contributed by atoms with Gasteiger partial charge in [0.15, 0.2) is 14.9 Å². The van der Waals surface area contributed by atoms with Gasteiger partial charge in [-0.15, -0.1) is 11.3 Å². The molecule has 0 aliphatic heterocycles. The standard InChI is InChI=1S/C31H40N2O6S2/c1-20-9-11-21(12-10-20)29(34)33(25-19-24(17-18-31(2,3)4)40-28(25)30(35)36)22-13-15-23(16-14-22)39-26-7-6-8-27(32-26)41(5,37)38/h6-8,19-23H,9-16H2,1-5H3,(H,35,36)/t20-,21-,22-,23-. The first-order chi connectivity index (χ1) is 19.2. The molecule has 1 amide bonds. The summed E-state index contributed by atoms with van der Waals surface area (Å²) in [6, 6.07) is 6.30. The number of carbonyl (C=O) groups is 2. The third kappa shape index (κ3) is 8.10. The van der Waals surface area contributed by atoms with Gasteiger partial charge in [-0.3, -0.25) is 4.79 Å². The first-order valence-electron chi connectivity index (χ1n) is 14.3. The number of aromatic carboxylic acids is 1. The van der Waals surface area contributed by atoms with Crippen molar-refractivity contribution in [2.75, 3.05) is 11.2 Å². The number of nitrogens with zero attached hydrogens (tertiary/aromatic N) is 2. The maximum atomic E-state index is 14.1. The minimum absolute atomic E-state index is 0.000538. The second-order valence-electron chi connectivity index (χ2n) is 12.4. The van der Waals surface area contributed by atoms with Gasteiger partial charge in [-0.25, -0.2) is 18.2 Å².